The summed E-state index contributed by atoms with van der Waals surface area (Å²) in [6.45, 7) is 0. The Labute approximate surface area is 158 Å². The van der Waals surface area contributed by atoms with E-state index in [1.807, 2.05) is 36.4 Å². The average molecular weight is 364 g/mol. The fraction of sp³-hybridized carbons (Fsp3) is 0.0833. The first-order valence-corrected chi connectivity index (χ1v) is 9.12. The first-order chi connectivity index (χ1) is 13.5. The van der Waals surface area contributed by atoms with Crippen molar-refractivity contribution >= 4 is 55.5 Å². The van der Waals surface area contributed by atoms with Crippen molar-refractivity contribution in [2.45, 2.75) is 12.8 Å². The Hall–Kier alpha value is -3.66. The van der Waals surface area contributed by atoms with E-state index in [0.717, 1.165) is 21.5 Å². The van der Waals surface area contributed by atoms with E-state index >= 15 is 0 Å². The maximum atomic E-state index is 12.6. The molecule has 28 heavy (non-hydrogen) atoms. The molecule has 4 nitrogen and oxygen atoms in total. The summed E-state index contributed by atoms with van der Waals surface area (Å²) in [6.07, 6.45) is -0.258. The number of benzene rings is 4. The van der Waals surface area contributed by atoms with Crippen LogP contribution in [0.4, 0.5) is 0 Å². The van der Waals surface area contributed by atoms with E-state index in [4.69, 9.17) is 0 Å². The van der Waals surface area contributed by atoms with Crippen molar-refractivity contribution in [3.05, 3.63) is 70.8 Å². The molecule has 0 aliphatic heterocycles. The number of hydrogen-bond acceptors (Lipinski definition) is 4. The van der Waals surface area contributed by atoms with Gasteiger partial charge in [-0.3, -0.25) is 19.2 Å². The minimum atomic E-state index is -0.191. The largest absolute Gasteiger partial charge is 0.294 e. The standard InChI is InChI=1S/C24H12O4/c25-19-9-21(27)17-8-16-12-4-2-6-14-20(26)10-22(28)18(24(12)14)7-15(16)11-3-1-5-13(19)23(11)17/h1-8H,9-10H2. The van der Waals surface area contributed by atoms with Crippen LogP contribution in [0.25, 0.3) is 32.3 Å². The first-order valence-electron chi connectivity index (χ1n) is 9.12. The van der Waals surface area contributed by atoms with E-state index in [1.165, 1.54) is 0 Å². The summed E-state index contributed by atoms with van der Waals surface area (Å²) in [5, 5.41) is 4.56. The molecule has 0 unspecified atom stereocenters. The van der Waals surface area contributed by atoms with E-state index in [1.54, 1.807) is 12.1 Å². The van der Waals surface area contributed by atoms with Gasteiger partial charge in [-0.25, -0.2) is 0 Å². The summed E-state index contributed by atoms with van der Waals surface area (Å²) in [4.78, 5) is 50.0. The number of rotatable bonds is 0. The Morgan fingerprint density at radius 2 is 0.857 bits per heavy atom. The second-order valence-corrected chi connectivity index (χ2v) is 7.45. The van der Waals surface area contributed by atoms with Crippen LogP contribution in [-0.4, -0.2) is 23.1 Å². The van der Waals surface area contributed by atoms with Gasteiger partial charge in [0.2, 0.25) is 0 Å². The highest BCUT2D eigenvalue weighted by Gasteiger charge is 2.30. The van der Waals surface area contributed by atoms with Gasteiger partial charge in [0.05, 0.1) is 12.8 Å². The molecule has 0 saturated heterocycles. The third kappa shape index (κ3) is 1.75. The molecule has 0 radical (unpaired) electrons. The number of carbonyl (C=O) groups excluding carboxylic acids is 4. The molecular weight excluding hydrogens is 352 g/mol. The Morgan fingerprint density at radius 3 is 1.29 bits per heavy atom. The molecule has 0 saturated carbocycles. The fourth-order valence-electron chi connectivity index (χ4n) is 4.75. The quantitative estimate of drug-likeness (QED) is 0.335. The van der Waals surface area contributed by atoms with Crippen LogP contribution in [-0.2, 0) is 0 Å². The molecule has 0 aromatic heterocycles. The molecule has 4 aromatic rings. The van der Waals surface area contributed by atoms with Gasteiger partial charge in [-0.15, -0.1) is 0 Å². The summed E-state index contributed by atoms with van der Waals surface area (Å²) in [6, 6.07) is 14.5. The maximum absolute atomic E-state index is 12.6. The molecule has 0 fully saturated rings. The van der Waals surface area contributed by atoms with Crippen LogP contribution in [0.15, 0.2) is 48.5 Å². The second-order valence-electron chi connectivity index (χ2n) is 7.45. The van der Waals surface area contributed by atoms with Crippen LogP contribution in [0.1, 0.15) is 54.3 Å². The highest BCUT2D eigenvalue weighted by molar-refractivity contribution is 6.36. The topological polar surface area (TPSA) is 68.3 Å². The molecule has 6 rings (SSSR count). The molecule has 4 aromatic carbocycles. The first kappa shape index (κ1) is 15.4. The lowest BCUT2D eigenvalue weighted by Gasteiger charge is -2.21. The van der Waals surface area contributed by atoms with Crippen LogP contribution in [0, 0.1) is 0 Å². The molecule has 132 valence electrons. The van der Waals surface area contributed by atoms with Crippen LogP contribution in [0.2, 0.25) is 0 Å². The number of fused-ring (bicyclic) bond motifs is 3. The zero-order valence-electron chi connectivity index (χ0n) is 14.7. The molecule has 0 atom stereocenters. The van der Waals surface area contributed by atoms with Crippen molar-refractivity contribution in [2.75, 3.05) is 0 Å². The van der Waals surface area contributed by atoms with Gasteiger partial charge >= 0.3 is 0 Å². The highest BCUT2D eigenvalue weighted by atomic mass is 16.2. The zero-order chi connectivity index (χ0) is 19.2. The Balaban J connectivity index is 1.93. The summed E-state index contributed by atoms with van der Waals surface area (Å²) in [5.74, 6) is -0.728. The van der Waals surface area contributed by atoms with Gasteiger partial charge in [-0.1, -0.05) is 36.4 Å². The second kappa shape index (κ2) is 4.98. The predicted octanol–water partition coefficient (Wildman–Crippen LogP) is 4.68. The minimum absolute atomic E-state index is 0.129. The third-order valence-corrected chi connectivity index (χ3v) is 5.96. The highest BCUT2D eigenvalue weighted by Crippen LogP contribution is 2.41. The molecule has 0 heterocycles. The SMILES string of the molecule is O=C1CC(=O)c2cc3c4cccc5c4c(cc3c3cccc1c23)C(=O)CC5=O. The van der Waals surface area contributed by atoms with Gasteiger partial charge in [-0.05, 0) is 33.7 Å². The monoisotopic (exact) mass is 364 g/mol. The molecule has 0 N–H and O–H groups in total. The van der Waals surface area contributed by atoms with Gasteiger partial charge in [-0.2, -0.15) is 0 Å². The van der Waals surface area contributed by atoms with E-state index in [9.17, 15) is 19.2 Å². The third-order valence-electron chi connectivity index (χ3n) is 5.96. The number of carbonyl (C=O) groups is 4. The fourth-order valence-corrected chi connectivity index (χ4v) is 4.75. The summed E-state index contributed by atoms with van der Waals surface area (Å²) in [5.41, 5.74) is 2.18. The van der Waals surface area contributed by atoms with Gasteiger partial charge in [0.1, 0.15) is 0 Å². The van der Waals surface area contributed by atoms with E-state index in [-0.39, 0.29) is 36.0 Å². The lowest BCUT2D eigenvalue weighted by atomic mass is 9.80. The average Bonchev–Trinajstić information content (AvgIpc) is 2.69. The van der Waals surface area contributed by atoms with Crippen LogP contribution < -0.4 is 0 Å². The van der Waals surface area contributed by atoms with Crippen molar-refractivity contribution in [1.29, 1.82) is 0 Å². The zero-order valence-corrected chi connectivity index (χ0v) is 14.7. The predicted molar refractivity (Wildman–Crippen MR) is 106 cm³/mol. The number of hydrogen-bond donors (Lipinski definition) is 0. The summed E-state index contributed by atoms with van der Waals surface area (Å²) >= 11 is 0. The van der Waals surface area contributed by atoms with Gasteiger partial charge in [0.15, 0.2) is 23.1 Å². The maximum Gasteiger partial charge on any atom is 0.171 e. The summed E-state index contributed by atoms with van der Waals surface area (Å²) < 4.78 is 0. The van der Waals surface area contributed by atoms with Crippen LogP contribution in [0.3, 0.4) is 0 Å². The lowest BCUT2D eigenvalue weighted by molar-refractivity contribution is 0.0873. The van der Waals surface area contributed by atoms with Gasteiger partial charge < -0.3 is 0 Å². The van der Waals surface area contributed by atoms with E-state index in [0.29, 0.717) is 33.0 Å². The number of Topliss-reactive ketones (excluding diaryl/α,β-unsaturated/α-hetero) is 4. The van der Waals surface area contributed by atoms with Gasteiger partial charge in [0, 0.05) is 33.0 Å². The molecule has 0 spiro atoms. The summed E-state index contributed by atoms with van der Waals surface area (Å²) in [7, 11) is 0. The lowest BCUT2D eigenvalue weighted by Crippen LogP contribution is -2.17. The van der Waals surface area contributed by atoms with Crippen molar-refractivity contribution < 1.29 is 19.2 Å². The van der Waals surface area contributed by atoms with E-state index in [2.05, 4.69) is 0 Å². The molecule has 0 bridgehead atoms. The molecule has 0 amide bonds. The molecule has 2 aliphatic carbocycles. The minimum Gasteiger partial charge on any atom is -0.294 e. The van der Waals surface area contributed by atoms with E-state index < -0.39 is 0 Å². The Kier molecular flexibility index (Phi) is 2.74. The smallest absolute Gasteiger partial charge is 0.171 e. The molecule has 4 heteroatoms. The van der Waals surface area contributed by atoms with Crippen molar-refractivity contribution in [3.63, 3.8) is 0 Å². The molecule has 2 aliphatic rings. The van der Waals surface area contributed by atoms with Crippen molar-refractivity contribution in [2.24, 2.45) is 0 Å². The van der Waals surface area contributed by atoms with Crippen LogP contribution in [0.5, 0.6) is 0 Å². The van der Waals surface area contributed by atoms with Crippen molar-refractivity contribution in [3.8, 4) is 0 Å². The Morgan fingerprint density at radius 1 is 0.464 bits per heavy atom. The normalized spacial score (nSPS) is 15.9. The number of ketones is 4. The van der Waals surface area contributed by atoms with Crippen molar-refractivity contribution in [1.82, 2.24) is 0 Å². The van der Waals surface area contributed by atoms with Crippen LogP contribution >= 0.6 is 0 Å². The van der Waals surface area contributed by atoms with Gasteiger partial charge in [0.25, 0.3) is 0 Å². The molecular formula is C24H12O4. The Bertz CT molecular complexity index is 1360.